The zero-order chi connectivity index (χ0) is 16.5. The lowest BCUT2D eigenvalue weighted by atomic mass is 9.92. The summed E-state index contributed by atoms with van der Waals surface area (Å²) >= 11 is 5.88. The van der Waals surface area contributed by atoms with Crippen LogP contribution in [0.15, 0.2) is 48.7 Å². The molecule has 0 N–H and O–H groups in total. The van der Waals surface area contributed by atoms with Crippen molar-refractivity contribution in [3.63, 3.8) is 0 Å². The molecule has 4 nitrogen and oxygen atoms in total. The molecule has 1 aliphatic carbocycles. The fourth-order valence-electron chi connectivity index (χ4n) is 4.00. The number of aromatic nitrogens is 1. The van der Waals surface area contributed by atoms with E-state index in [2.05, 4.69) is 4.98 Å². The molecule has 0 radical (unpaired) electrons. The number of carbonyl (C=O) groups is 1. The van der Waals surface area contributed by atoms with E-state index < -0.39 is 0 Å². The number of halogens is 1. The molecule has 5 heteroatoms. The van der Waals surface area contributed by atoms with Gasteiger partial charge in [-0.2, -0.15) is 0 Å². The number of hydrogen-bond acceptors (Lipinski definition) is 3. The standard InChI is InChI=1S/C19H19ClN2O2/c20-18-7-6-15(10-21-18)16-8-14-9-17(16)22(11-14)19(23)24-12-13-4-2-1-3-5-13/h1-7,10,14,16-17H,8-9,11-12H2/t14-,16-,17-/m0/s1. The first-order chi connectivity index (χ1) is 11.7. The largest absolute Gasteiger partial charge is 0.445 e. The van der Waals surface area contributed by atoms with Crippen molar-refractivity contribution < 1.29 is 9.53 Å². The van der Waals surface area contributed by atoms with Crippen LogP contribution in [0.25, 0.3) is 0 Å². The van der Waals surface area contributed by atoms with Gasteiger partial charge in [0.2, 0.25) is 0 Å². The van der Waals surface area contributed by atoms with Crippen LogP contribution < -0.4 is 0 Å². The number of ether oxygens (including phenoxy) is 1. The molecule has 0 spiro atoms. The third-order valence-electron chi connectivity index (χ3n) is 5.10. The van der Waals surface area contributed by atoms with Crippen LogP contribution in [0.5, 0.6) is 0 Å². The van der Waals surface area contributed by atoms with Gasteiger partial charge in [0.25, 0.3) is 0 Å². The van der Waals surface area contributed by atoms with E-state index in [0.29, 0.717) is 23.6 Å². The van der Waals surface area contributed by atoms with Crippen molar-refractivity contribution in [1.29, 1.82) is 0 Å². The monoisotopic (exact) mass is 342 g/mol. The van der Waals surface area contributed by atoms with Crippen LogP contribution >= 0.6 is 11.6 Å². The van der Waals surface area contributed by atoms with Crippen molar-refractivity contribution in [2.24, 2.45) is 5.92 Å². The Balaban J connectivity index is 1.43. The highest BCUT2D eigenvalue weighted by atomic mass is 35.5. The molecule has 124 valence electrons. The second-order valence-electron chi connectivity index (χ2n) is 6.62. The van der Waals surface area contributed by atoms with Crippen molar-refractivity contribution in [2.75, 3.05) is 6.54 Å². The van der Waals surface area contributed by atoms with Gasteiger partial charge in [0.15, 0.2) is 0 Å². The quantitative estimate of drug-likeness (QED) is 0.783. The first-order valence-corrected chi connectivity index (χ1v) is 8.67. The maximum Gasteiger partial charge on any atom is 0.410 e. The van der Waals surface area contributed by atoms with Crippen molar-refractivity contribution in [3.8, 4) is 0 Å². The molecular formula is C19H19ClN2O2. The molecule has 1 saturated heterocycles. The molecule has 0 unspecified atom stereocenters. The Bertz CT molecular complexity index is 720. The molecule has 1 amide bonds. The van der Waals surface area contributed by atoms with E-state index in [0.717, 1.165) is 30.5 Å². The van der Waals surface area contributed by atoms with Gasteiger partial charge in [0.05, 0.1) is 0 Å². The fourth-order valence-corrected chi connectivity index (χ4v) is 4.11. The zero-order valence-electron chi connectivity index (χ0n) is 13.3. The van der Waals surface area contributed by atoms with Gasteiger partial charge in [0.1, 0.15) is 11.8 Å². The molecule has 2 bridgehead atoms. The summed E-state index contributed by atoms with van der Waals surface area (Å²) in [5.41, 5.74) is 2.17. The average molecular weight is 343 g/mol. The Kier molecular flexibility index (Phi) is 4.15. The van der Waals surface area contributed by atoms with E-state index in [-0.39, 0.29) is 12.1 Å². The Morgan fingerprint density at radius 3 is 2.75 bits per heavy atom. The summed E-state index contributed by atoms with van der Waals surface area (Å²) < 4.78 is 5.52. The highest BCUT2D eigenvalue weighted by Crippen LogP contribution is 2.47. The molecule has 1 aromatic heterocycles. The maximum atomic E-state index is 12.5. The number of likely N-dealkylation sites (tertiary alicyclic amines) is 1. The summed E-state index contributed by atoms with van der Waals surface area (Å²) in [5, 5.41) is 0.501. The number of piperidine rings is 1. The number of benzene rings is 1. The predicted molar refractivity (Wildman–Crippen MR) is 91.8 cm³/mol. The van der Waals surface area contributed by atoms with Crippen LogP contribution in [0, 0.1) is 5.92 Å². The minimum atomic E-state index is -0.210. The van der Waals surface area contributed by atoms with Crippen LogP contribution in [0.1, 0.15) is 29.9 Å². The lowest BCUT2D eigenvalue weighted by Crippen LogP contribution is -2.41. The zero-order valence-corrected chi connectivity index (χ0v) is 14.0. The summed E-state index contributed by atoms with van der Waals surface area (Å²) in [4.78, 5) is 18.6. The number of rotatable bonds is 3. The lowest BCUT2D eigenvalue weighted by molar-refractivity contribution is 0.0811. The van der Waals surface area contributed by atoms with Crippen LogP contribution in [0.3, 0.4) is 0 Å². The lowest BCUT2D eigenvalue weighted by Gasteiger charge is -2.32. The Hall–Kier alpha value is -2.07. The van der Waals surface area contributed by atoms with Crippen molar-refractivity contribution in [1.82, 2.24) is 9.88 Å². The van der Waals surface area contributed by atoms with E-state index in [1.165, 1.54) is 0 Å². The minimum Gasteiger partial charge on any atom is -0.445 e. The number of carbonyl (C=O) groups excluding carboxylic acids is 1. The van der Waals surface area contributed by atoms with Crippen LogP contribution in [-0.4, -0.2) is 28.6 Å². The summed E-state index contributed by atoms with van der Waals surface area (Å²) in [5.74, 6) is 0.887. The summed E-state index contributed by atoms with van der Waals surface area (Å²) in [6.45, 7) is 1.12. The number of amides is 1. The third-order valence-corrected chi connectivity index (χ3v) is 5.32. The highest BCUT2D eigenvalue weighted by molar-refractivity contribution is 6.29. The average Bonchev–Trinajstić information content (AvgIpc) is 3.22. The molecule has 1 saturated carbocycles. The second-order valence-corrected chi connectivity index (χ2v) is 7.01. The fraction of sp³-hybridized carbons (Fsp3) is 0.368. The maximum absolute atomic E-state index is 12.5. The smallest absolute Gasteiger partial charge is 0.410 e. The van der Waals surface area contributed by atoms with E-state index in [4.69, 9.17) is 16.3 Å². The van der Waals surface area contributed by atoms with E-state index in [9.17, 15) is 4.79 Å². The van der Waals surface area contributed by atoms with Crippen LogP contribution in [0.4, 0.5) is 4.79 Å². The SMILES string of the molecule is O=C(OCc1ccccc1)N1C[C@H]2C[C@@H](c3ccc(Cl)nc3)[C@@H]1C2. The summed E-state index contributed by atoms with van der Waals surface area (Å²) in [6, 6.07) is 13.8. The number of pyridine rings is 1. The van der Waals surface area contributed by atoms with Gasteiger partial charge >= 0.3 is 6.09 Å². The molecule has 2 fully saturated rings. The van der Waals surface area contributed by atoms with E-state index in [1.54, 1.807) is 0 Å². The Labute approximate surface area is 146 Å². The second kappa shape index (κ2) is 6.44. The van der Waals surface area contributed by atoms with Crippen molar-refractivity contribution in [3.05, 3.63) is 64.9 Å². The summed E-state index contributed by atoms with van der Waals surface area (Å²) in [6.07, 6.45) is 3.78. The molecule has 24 heavy (non-hydrogen) atoms. The van der Waals surface area contributed by atoms with Gasteiger partial charge in [-0.25, -0.2) is 9.78 Å². The molecule has 2 aromatic rings. The van der Waals surface area contributed by atoms with Crippen LogP contribution in [-0.2, 0) is 11.3 Å². The molecule has 2 aliphatic rings. The summed E-state index contributed by atoms with van der Waals surface area (Å²) in [7, 11) is 0. The highest BCUT2D eigenvalue weighted by Gasteiger charge is 2.48. The number of hydrogen-bond donors (Lipinski definition) is 0. The van der Waals surface area contributed by atoms with Gasteiger partial charge in [0, 0.05) is 24.7 Å². The van der Waals surface area contributed by atoms with Crippen LogP contribution in [0.2, 0.25) is 5.15 Å². The van der Waals surface area contributed by atoms with Crippen molar-refractivity contribution >= 4 is 17.7 Å². The van der Waals surface area contributed by atoms with Gasteiger partial charge in [-0.05, 0) is 36.0 Å². The van der Waals surface area contributed by atoms with Gasteiger partial charge < -0.3 is 9.64 Å². The van der Waals surface area contributed by atoms with E-state index in [1.807, 2.05) is 53.6 Å². The van der Waals surface area contributed by atoms with Gasteiger partial charge in [-0.15, -0.1) is 0 Å². The molecule has 1 aliphatic heterocycles. The van der Waals surface area contributed by atoms with Crippen molar-refractivity contribution in [2.45, 2.75) is 31.4 Å². The number of fused-ring (bicyclic) bond motifs is 2. The molecular weight excluding hydrogens is 324 g/mol. The minimum absolute atomic E-state index is 0.209. The number of nitrogens with zero attached hydrogens (tertiary/aromatic N) is 2. The molecule has 4 rings (SSSR count). The van der Waals surface area contributed by atoms with Gasteiger partial charge in [-0.1, -0.05) is 48.0 Å². The van der Waals surface area contributed by atoms with E-state index >= 15 is 0 Å². The topological polar surface area (TPSA) is 42.4 Å². The Morgan fingerprint density at radius 2 is 2.04 bits per heavy atom. The predicted octanol–water partition coefficient (Wildman–Crippen LogP) is 4.25. The third kappa shape index (κ3) is 2.98. The molecule has 1 aromatic carbocycles. The first-order valence-electron chi connectivity index (χ1n) is 8.29. The Morgan fingerprint density at radius 1 is 1.21 bits per heavy atom. The normalized spacial score (nSPS) is 25.0. The first kappa shape index (κ1) is 15.5. The molecule has 2 heterocycles. The van der Waals surface area contributed by atoms with Gasteiger partial charge in [-0.3, -0.25) is 0 Å². The molecule has 3 atom stereocenters.